The SMILES string of the molecule is CCC(CSC)N(C)c1ccc(N)c2cnccc12. The topological polar surface area (TPSA) is 42.1 Å². The minimum Gasteiger partial charge on any atom is -0.398 e. The van der Waals surface area contributed by atoms with Crippen molar-refractivity contribution < 1.29 is 0 Å². The molecule has 0 aliphatic carbocycles. The number of rotatable bonds is 5. The summed E-state index contributed by atoms with van der Waals surface area (Å²) >= 11 is 1.89. The smallest absolute Gasteiger partial charge is 0.0448 e. The van der Waals surface area contributed by atoms with Gasteiger partial charge >= 0.3 is 0 Å². The fourth-order valence-electron chi connectivity index (χ4n) is 2.40. The normalized spacial score (nSPS) is 12.6. The van der Waals surface area contributed by atoms with Crippen LogP contribution < -0.4 is 10.6 Å². The molecule has 1 unspecified atom stereocenters. The third kappa shape index (κ3) is 2.78. The molecule has 0 aliphatic heterocycles. The minimum absolute atomic E-state index is 0.537. The van der Waals surface area contributed by atoms with E-state index in [0.717, 1.165) is 23.2 Å². The van der Waals surface area contributed by atoms with Crippen LogP contribution in [0.25, 0.3) is 10.8 Å². The molecule has 1 aromatic carbocycles. The first kappa shape index (κ1) is 14.0. The number of pyridine rings is 1. The first-order chi connectivity index (χ1) is 9.19. The van der Waals surface area contributed by atoms with Gasteiger partial charge in [-0.15, -0.1) is 0 Å². The van der Waals surface area contributed by atoms with Crippen LogP contribution in [0.2, 0.25) is 0 Å². The molecule has 3 nitrogen and oxygen atoms in total. The average Bonchev–Trinajstić information content (AvgIpc) is 2.45. The van der Waals surface area contributed by atoms with E-state index in [2.05, 4.69) is 36.2 Å². The van der Waals surface area contributed by atoms with Gasteiger partial charge in [0.15, 0.2) is 0 Å². The van der Waals surface area contributed by atoms with Crippen LogP contribution >= 0.6 is 11.8 Å². The number of nitrogen functional groups attached to an aromatic ring is 1. The average molecular weight is 275 g/mol. The molecule has 102 valence electrons. The van der Waals surface area contributed by atoms with Crippen LogP contribution in [0, 0.1) is 0 Å². The molecule has 0 radical (unpaired) electrons. The Morgan fingerprint density at radius 3 is 2.79 bits per heavy atom. The number of nitrogens with two attached hydrogens (primary N) is 1. The first-order valence-corrected chi connectivity index (χ1v) is 7.92. The Hall–Kier alpha value is -1.42. The molecule has 2 rings (SSSR count). The quantitative estimate of drug-likeness (QED) is 0.849. The van der Waals surface area contributed by atoms with E-state index in [1.54, 1.807) is 0 Å². The zero-order valence-corrected chi connectivity index (χ0v) is 12.6. The number of hydrogen-bond donors (Lipinski definition) is 1. The molecular weight excluding hydrogens is 254 g/mol. The number of hydrogen-bond acceptors (Lipinski definition) is 4. The molecule has 4 heteroatoms. The number of thioether (sulfide) groups is 1. The highest BCUT2D eigenvalue weighted by molar-refractivity contribution is 7.98. The Labute approximate surface area is 119 Å². The van der Waals surface area contributed by atoms with E-state index >= 15 is 0 Å². The van der Waals surface area contributed by atoms with Gasteiger partial charge < -0.3 is 10.6 Å². The van der Waals surface area contributed by atoms with E-state index in [1.807, 2.05) is 36.3 Å². The largest absolute Gasteiger partial charge is 0.398 e. The summed E-state index contributed by atoms with van der Waals surface area (Å²) in [5.74, 6) is 1.13. The van der Waals surface area contributed by atoms with Crippen LogP contribution in [0.1, 0.15) is 13.3 Å². The second-order valence-corrected chi connectivity index (χ2v) is 5.63. The van der Waals surface area contributed by atoms with Crippen molar-refractivity contribution >= 4 is 33.9 Å². The van der Waals surface area contributed by atoms with Crippen molar-refractivity contribution in [1.82, 2.24) is 4.98 Å². The third-order valence-electron chi connectivity index (χ3n) is 3.59. The highest BCUT2D eigenvalue weighted by atomic mass is 32.2. The molecule has 1 atom stereocenters. The number of benzene rings is 1. The Morgan fingerprint density at radius 1 is 1.32 bits per heavy atom. The van der Waals surface area contributed by atoms with Crippen LogP contribution in [0.5, 0.6) is 0 Å². The molecule has 0 amide bonds. The van der Waals surface area contributed by atoms with Crippen molar-refractivity contribution in [2.75, 3.05) is 29.7 Å². The molecule has 2 aromatic rings. The van der Waals surface area contributed by atoms with Gasteiger partial charge in [-0.3, -0.25) is 4.98 Å². The summed E-state index contributed by atoms with van der Waals surface area (Å²) in [5, 5.41) is 2.21. The van der Waals surface area contributed by atoms with Crippen LogP contribution in [0.3, 0.4) is 0 Å². The molecule has 0 spiro atoms. The maximum atomic E-state index is 6.03. The summed E-state index contributed by atoms with van der Waals surface area (Å²) in [4.78, 5) is 6.53. The second kappa shape index (κ2) is 6.15. The maximum Gasteiger partial charge on any atom is 0.0448 e. The van der Waals surface area contributed by atoms with Crippen LogP contribution in [-0.2, 0) is 0 Å². The summed E-state index contributed by atoms with van der Waals surface area (Å²) in [5.41, 5.74) is 8.05. The number of aromatic nitrogens is 1. The molecule has 1 aromatic heterocycles. The standard InChI is InChI=1S/C15H21N3S/c1-4-11(10-19-3)18(2)15-6-5-14(16)13-9-17-8-7-12(13)15/h5-9,11H,4,10,16H2,1-3H3. The summed E-state index contributed by atoms with van der Waals surface area (Å²) < 4.78 is 0. The van der Waals surface area contributed by atoms with Gasteiger partial charge in [0.05, 0.1) is 0 Å². The maximum absolute atomic E-state index is 6.03. The summed E-state index contributed by atoms with van der Waals surface area (Å²) in [6, 6.07) is 6.67. The van der Waals surface area contributed by atoms with E-state index in [9.17, 15) is 0 Å². The Balaban J connectivity index is 2.47. The highest BCUT2D eigenvalue weighted by Gasteiger charge is 2.15. The van der Waals surface area contributed by atoms with Gasteiger partial charge in [0.1, 0.15) is 0 Å². The summed E-state index contributed by atoms with van der Waals surface area (Å²) in [6.45, 7) is 2.23. The number of fused-ring (bicyclic) bond motifs is 1. The molecule has 19 heavy (non-hydrogen) atoms. The highest BCUT2D eigenvalue weighted by Crippen LogP contribution is 2.31. The van der Waals surface area contributed by atoms with Gasteiger partial charge in [0.2, 0.25) is 0 Å². The zero-order chi connectivity index (χ0) is 13.8. The van der Waals surface area contributed by atoms with Crippen molar-refractivity contribution in [3.8, 4) is 0 Å². The molecule has 1 heterocycles. The van der Waals surface area contributed by atoms with Crippen molar-refractivity contribution in [2.24, 2.45) is 0 Å². The van der Waals surface area contributed by atoms with E-state index < -0.39 is 0 Å². The van der Waals surface area contributed by atoms with Crippen molar-refractivity contribution in [3.63, 3.8) is 0 Å². The lowest BCUT2D eigenvalue weighted by Gasteiger charge is -2.30. The monoisotopic (exact) mass is 275 g/mol. The zero-order valence-electron chi connectivity index (χ0n) is 11.8. The van der Waals surface area contributed by atoms with Crippen LogP contribution in [0.15, 0.2) is 30.6 Å². The predicted molar refractivity (Wildman–Crippen MR) is 87.0 cm³/mol. The molecule has 0 aliphatic rings. The fraction of sp³-hybridized carbons (Fsp3) is 0.400. The second-order valence-electron chi connectivity index (χ2n) is 4.72. The van der Waals surface area contributed by atoms with Gasteiger partial charge in [-0.1, -0.05) is 6.92 Å². The molecular formula is C15H21N3S. The van der Waals surface area contributed by atoms with Crippen molar-refractivity contribution in [3.05, 3.63) is 30.6 Å². The molecule has 0 saturated heterocycles. The Bertz CT molecular complexity index is 556. The van der Waals surface area contributed by atoms with Gasteiger partial charge in [-0.25, -0.2) is 0 Å². The van der Waals surface area contributed by atoms with Gasteiger partial charge in [-0.05, 0) is 30.9 Å². The molecule has 0 bridgehead atoms. The first-order valence-electron chi connectivity index (χ1n) is 6.53. The summed E-state index contributed by atoms with van der Waals surface area (Å²) in [6.07, 6.45) is 6.96. The van der Waals surface area contributed by atoms with Crippen LogP contribution in [-0.4, -0.2) is 30.1 Å². The lowest BCUT2D eigenvalue weighted by molar-refractivity contribution is 0.675. The van der Waals surface area contributed by atoms with Crippen molar-refractivity contribution in [1.29, 1.82) is 0 Å². The van der Waals surface area contributed by atoms with E-state index in [-0.39, 0.29) is 0 Å². The lowest BCUT2D eigenvalue weighted by Crippen LogP contribution is -2.33. The van der Waals surface area contributed by atoms with Gasteiger partial charge in [-0.2, -0.15) is 11.8 Å². The molecule has 2 N–H and O–H groups in total. The third-order valence-corrected chi connectivity index (χ3v) is 4.30. The van der Waals surface area contributed by atoms with Crippen molar-refractivity contribution in [2.45, 2.75) is 19.4 Å². The minimum atomic E-state index is 0.537. The van der Waals surface area contributed by atoms with E-state index in [1.165, 1.54) is 11.1 Å². The van der Waals surface area contributed by atoms with Crippen LogP contribution in [0.4, 0.5) is 11.4 Å². The van der Waals surface area contributed by atoms with Gasteiger partial charge in [0, 0.05) is 53.4 Å². The van der Waals surface area contributed by atoms with E-state index in [4.69, 9.17) is 5.73 Å². The Morgan fingerprint density at radius 2 is 2.11 bits per heavy atom. The van der Waals surface area contributed by atoms with E-state index in [0.29, 0.717) is 6.04 Å². The summed E-state index contributed by atoms with van der Waals surface area (Å²) in [7, 11) is 2.16. The number of anilines is 2. The predicted octanol–water partition coefficient (Wildman–Crippen LogP) is 3.39. The lowest BCUT2D eigenvalue weighted by atomic mass is 10.1. The molecule has 0 fully saturated rings. The number of nitrogens with zero attached hydrogens (tertiary/aromatic N) is 2. The fourth-order valence-corrected chi connectivity index (χ4v) is 3.24. The molecule has 0 saturated carbocycles. The Kier molecular flexibility index (Phi) is 4.53. The van der Waals surface area contributed by atoms with Gasteiger partial charge in [0.25, 0.3) is 0 Å².